The Morgan fingerprint density at radius 2 is 2.21 bits per heavy atom. The second kappa shape index (κ2) is 6.61. The van der Waals surface area contributed by atoms with Gasteiger partial charge in [-0.25, -0.2) is 4.79 Å². The number of carbonyl (C=O) groups excluding carboxylic acids is 1. The van der Waals surface area contributed by atoms with Crippen molar-refractivity contribution in [3.8, 4) is 0 Å². The van der Waals surface area contributed by atoms with Crippen LogP contribution in [0, 0.1) is 0 Å². The van der Waals surface area contributed by atoms with Crippen molar-refractivity contribution in [2.45, 2.75) is 56.5 Å². The van der Waals surface area contributed by atoms with E-state index in [9.17, 15) is 9.59 Å². The maximum atomic E-state index is 12.2. The Balaban J connectivity index is 1.85. The minimum atomic E-state index is -0.888. The van der Waals surface area contributed by atoms with Gasteiger partial charge in [-0.2, -0.15) is 0 Å². The third kappa shape index (κ3) is 3.63. The lowest BCUT2D eigenvalue weighted by Crippen LogP contribution is -2.45. The molecule has 2 fully saturated rings. The molecule has 6 heteroatoms. The number of aliphatic carboxylic acids is 1. The van der Waals surface area contributed by atoms with Gasteiger partial charge in [0, 0.05) is 18.2 Å². The molecule has 0 spiro atoms. The topological polar surface area (TPSA) is 69.6 Å². The van der Waals surface area contributed by atoms with Crippen molar-refractivity contribution >= 4 is 23.6 Å². The van der Waals surface area contributed by atoms with Crippen molar-refractivity contribution in [2.24, 2.45) is 0 Å². The third-order valence-electron chi connectivity index (χ3n) is 3.91. The molecule has 0 aromatic heterocycles. The van der Waals surface area contributed by atoms with E-state index >= 15 is 0 Å². The average molecular weight is 286 g/mol. The van der Waals surface area contributed by atoms with Crippen molar-refractivity contribution in [3.05, 3.63) is 0 Å². The molecule has 3 unspecified atom stereocenters. The van der Waals surface area contributed by atoms with Crippen LogP contribution in [0.3, 0.4) is 0 Å². The van der Waals surface area contributed by atoms with Crippen LogP contribution in [-0.2, 0) is 9.59 Å². The second-order valence-corrected chi connectivity index (χ2v) is 6.62. The number of hydrogen-bond donors (Lipinski definition) is 2. The van der Waals surface area contributed by atoms with E-state index < -0.39 is 12.0 Å². The van der Waals surface area contributed by atoms with E-state index in [-0.39, 0.29) is 11.3 Å². The Morgan fingerprint density at radius 1 is 1.42 bits per heavy atom. The summed E-state index contributed by atoms with van der Waals surface area (Å²) < 4.78 is 0. The zero-order valence-corrected chi connectivity index (χ0v) is 12.1. The summed E-state index contributed by atoms with van der Waals surface area (Å²) in [6.45, 7) is 2.94. The van der Waals surface area contributed by atoms with Gasteiger partial charge in [-0.3, -0.25) is 4.79 Å². The molecule has 0 radical (unpaired) electrons. The van der Waals surface area contributed by atoms with Crippen LogP contribution in [0.4, 0.5) is 0 Å². The van der Waals surface area contributed by atoms with Crippen LogP contribution in [0.25, 0.3) is 0 Å². The molecule has 0 aromatic carbocycles. The number of carboxylic acid groups (broad SMARTS) is 1. The van der Waals surface area contributed by atoms with Gasteiger partial charge in [-0.15, -0.1) is 11.8 Å². The standard InChI is InChI=1S/C13H22N2O3S/c1-9-15(11(8-19-9)13(17)18)12(16)6-5-10-4-2-3-7-14-10/h9-11,14H,2-8H2,1H3,(H,17,18). The SMILES string of the molecule is CC1SCC(C(=O)O)N1C(=O)CCC1CCCCN1. The molecule has 2 aliphatic rings. The number of piperidine rings is 1. The summed E-state index contributed by atoms with van der Waals surface area (Å²) in [5, 5.41) is 12.5. The fraction of sp³-hybridized carbons (Fsp3) is 0.846. The van der Waals surface area contributed by atoms with Crippen molar-refractivity contribution < 1.29 is 14.7 Å². The molecule has 2 aliphatic heterocycles. The van der Waals surface area contributed by atoms with Gasteiger partial charge in [-0.1, -0.05) is 6.42 Å². The molecule has 0 aliphatic carbocycles. The van der Waals surface area contributed by atoms with Crippen LogP contribution in [0.5, 0.6) is 0 Å². The van der Waals surface area contributed by atoms with Gasteiger partial charge in [0.1, 0.15) is 6.04 Å². The van der Waals surface area contributed by atoms with E-state index in [0.717, 1.165) is 19.4 Å². The predicted molar refractivity (Wildman–Crippen MR) is 75.1 cm³/mol. The van der Waals surface area contributed by atoms with Crippen molar-refractivity contribution in [1.29, 1.82) is 0 Å². The largest absolute Gasteiger partial charge is 0.480 e. The third-order valence-corrected chi connectivity index (χ3v) is 5.13. The van der Waals surface area contributed by atoms with E-state index in [1.165, 1.54) is 12.8 Å². The number of carbonyl (C=O) groups is 2. The van der Waals surface area contributed by atoms with Crippen molar-refractivity contribution in [3.63, 3.8) is 0 Å². The monoisotopic (exact) mass is 286 g/mol. The minimum absolute atomic E-state index is 0.0164. The lowest BCUT2D eigenvalue weighted by Gasteiger charge is -2.27. The van der Waals surface area contributed by atoms with E-state index in [4.69, 9.17) is 5.11 Å². The molecule has 2 saturated heterocycles. The van der Waals surface area contributed by atoms with Crippen LogP contribution in [0.15, 0.2) is 0 Å². The number of nitrogens with zero attached hydrogens (tertiary/aromatic N) is 1. The number of hydrogen-bond acceptors (Lipinski definition) is 4. The molecule has 3 atom stereocenters. The molecule has 0 bridgehead atoms. The highest BCUT2D eigenvalue weighted by Gasteiger charge is 2.39. The molecule has 2 heterocycles. The number of thioether (sulfide) groups is 1. The first-order valence-corrected chi connectivity index (χ1v) is 8.03. The van der Waals surface area contributed by atoms with Gasteiger partial charge in [0.05, 0.1) is 5.37 Å². The maximum Gasteiger partial charge on any atom is 0.327 e. The van der Waals surface area contributed by atoms with Gasteiger partial charge < -0.3 is 15.3 Å². The first-order valence-electron chi connectivity index (χ1n) is 6.98. The van der Waals surface area contributed by atoms with E-state index in [1.807, 2.05) is 6.92 Å². The summed E-state index contributed by atoms with van der Waals surface area (Å²) in [6.07, 6.45) is 4.83. The summed E-state index contributed by atoms with van der Waals surface area (Å²) in [7, 11) is 0. The molecule has 5 nitrogen and oxygen atoms in total. The van der Waals surface area contributed by atoms with Crippen LogP contribution in [0.2, 0.25) is 0 Å². The zero-order valence-electron chi connectivity index (χ0n) is 11.3. The van der Waals surface area contributed by atoms with Crippen LogP contribution < -0.4 is 5.32 Å². The number of carboxylic acids is 1. The molecule has 0 aromatic rings. The van der Waals surface area contributed by atoms with E-state index in [0.29, 0.717) is 18.2 Å². The van der Waals surface area contributed by atoms with Gasteiger partial charge in [0.2, 0.25) is 5.91 Å². The maximum absolute atomic E-state index is 12.2. The highest BCUT2D eigenvalue weighted by Crippen LogP contribution is 2.29. The average Bonchev–Trinajstić information content (AvgIpc) is 2.79. The number of rotatable bonds is 4. The fourth-order valence-electron chi connectivity index (χ4n) is 2.81. The quantitative estimate of drug-likeness (QED) is 0.815. The van der Waals surface area contributed by atoms with Crippen molar-refractivity contribution in [2.75, 3.05) is 12.3 Å². The van der Waals surface area contributed by atoms with Crippen molar-refractivity contribution in [1.82, 2.24) is 10.2 Å². The van der Waals surface area contributed by atoms with Gasteiger partial charge in [-0.05, 0) is 32.7 Å². The normalized spacial score (nSPS) is 31.4. The molecule has 108 valence electrons. The highest BCUT2D eigenvalue weighted by atomic mass is 32.2. The molecule has 0 saturated carbocycles. The van der Waals surface area contributed by atoms with E-state index in [1.54, 1.807) is 16.7 Å². The molecule has 2 rings (SSSR count). The second-order valence-electron chi connectivity index (χ2n) is 5.27. The first-order chi connectivity index (χ1) is 9.09. The molecule has 1 amide bonds. The van der Waals surface area contributed by atoms with Crippen LogP contribution in [-0.4, -0.2) is 51.6 Å². The summed E-state index contributed by atoms with van der Waals surface area (Å²) >= 11 is 1.54. The smallest absolute Gasteiger partial charge is 0.327 e. The summed E-state index contributed by atoms with van der Waals surface area (Å²) in [4.78, 5) is 24.9. The summed E-state index contributed by atoms with van der Waals surface area (Å²) in [5.74, 6) is -0.400. The highest BCUT2D eigenvalue weighted by molar-refractivity contribution is 8.00. The lowest BCUT2D eigenvalue weighted by atomic mass is 10.00. The van der Waals surface area contributed by atoms with Crippen LogP contribution in [0.1, 0.15) is 39.0 Å². The van der Waals surface area contributed by atoms with E-state index in [2.05, 4.69) is 5.32 Å². The molecular formula is C13H22N2O3S. The lowest BCUT2D eigenvalue weighted by molar-refractivity contribution is -0.149. The Bertz CT molecular complexity index is 345. The Hall–Kier alpha value is -0.750. The molecule has 2 N–H and O–H groups in total. The van der Waals surface area contributed by atoms with Crippen LogP contribution >= 0.6 is 11.8 Å². The molecular weight excluding hydrogens is 264 g/mol. The zero-order chi connectivity index (χ0) is 13.8. The molecule has 19 heavy (non-hydrogen) atoms. The Morgan fingerprint density at radius 3 is 2.84 bits per heavy atom. The first kappa shape index (κ1) is 14.7. The van der Waals surface area contributed by atoms with Gasteiger partial charge in [0.25, 0.3) is 0 Å². The summed E-state index contributed by atoms with van der Waals surface area (Å²) in [5.41, 5.74) is 0. The van der Waals surface area contributed by atoms with Gasteiger partial charge >= 0.3 is 5.97 Å². The number of nitrogens with one attached hydrogen (secondary N) is 1. The number of amides is 1. The Labute approximate surface area is 118 Å². The Kier molecular flexibility index (Phi) is 5.10. The minimum Gasteiger partial charge on any atom is -0.480 e. The summed E-state index contributed by atoms with van der Waals surface area (Å²) in [6, 6.07) is -0.224. The van der Waals surface area contributed by atoms with Gasteiger partial charge in [0.15, 0.2) is 0 Å². The fourth-order valence-corrected chi connectivity index (χ4v) is 4.00. The predicted octanol–water partition coefficient (Wildman–Crippen LogP) is 1.28.